The van der Waals surface area contributed by atoms with Crippen LogP contribution in [-0.2, 0) is 5.75 Å². The van der Waals surface area contributed by atoms with E-state index in [0.29, 0.717) is 17.3 Å². The summed E-state index contributed by atoms with van der Waals surface area (Å²) in [5.74, 6) is 1.97. The molecule has 0 fully saturated rings. The zero-order chi connectivity index (χ0) is 9.26. The highest BCUT2D eigenvalue weighted by atomic mass is 32.1. The standard InChI is InChI=1S/C9H9NO2S/c1-6-7(5-13)10-12-9(6)8-3-2-4-11-8/h2-4,13H,5H2,1H3. The molecule has 0 aliphatic carbocycles. The first-order valence-corrected chi connectivity index (χ1v) is 4.56. The van der Waals surface area contributed by atoms with Crippen LogP contribution in [0.2, 0.25) is 0 Å². The Labute approximate surface area is 81.1 Å². The van der Waals surface area contributed by atoms with Crippen molar-refractivity contribution in [3.63, 3.8) is 0 Å². The predicted molar refractivity (Wildman–Crippen MR) is 51.6 cm³/mol. The van der Waals surface area contributed by atoms with Gasteiger partial charge in [0.2, 0.25) is 5.76 Å². The zero-order valence-electron chi connectivity index (χ0n) is 7.15. The smallest absolute Gasteiger partial charge is 0.205 e. The summed E-state index contributed by atoms with van der Waals surface area (Å²) in [6.07, 6.45) is 1.61. The Kier molecular flexibility index (Phi) is 2.14. The van der Waals surface area contributed by atoms with Gasteiger partial charge in [0, 0.05) is 11.3 Å². The van der Waals surface area contributed by atoms with Crippen molar-refractivity contribution in [1.82, 2.24) is 5.16 Å². The van der Waals surface area contributed by atoms with Crippen LogP contribution in [-0.4, -0.2) is 5.16 Å². The number of aromatic nitrogens is 1. The maximum absolute atomic E-state index is 5.20. The fourth-order valence-corrected chi connectivity index (χ4v) is 1.45. The molecule has 0 aromatic carbocycles. The van der Waals surface area contributed by atoms with Gasteiger partial charge < -0.3 is 8.94 Å². The number of hydrogen-bond donors (Lipinski definition) is 1. The fourth-order valence-electron chi connectivity index (χ4n) is 1.15. The van der Waals surface area contributed by atoms with Gasteiger partial charge in [0.25, 0.3) is 0 Å². The first kappa shape index (κ1) is 8.44. The van der Waals surface area contributed by atoms with E-state index in [-0.39, 0.29) is 0 Å². The van der Waals surface area contributed by atoms with E-state index in [1.165, 1.54) is 0 Å². The zero-order valence-corrected chi connectivity index (χ0v) is 8.04. The molecule has 0 saturated carbocycles. The topological polar surface area (TPSA) is 39.2 Å². The van der Waals surface area contributed by atoms with Crippen LogP contribution in [0.3, 0.4) is 0 Å². The molecule has 0 unspecified atom stereocenters. The lowest BCUT2D eigenvalue weighted by Crippen LogP contribution is -1.80. The highest BCUT2D eigenvalue weighted by Gasteiger charge is 2.14. The van der Waals surface area contributed by atoms with Crippen LogP contribution < -0.4 is 0 Å². The van der Waals surface area contributed by atoms with Crippen molar-refractivity contribution in [2.45, 2.75) is 12.7 Å². The Morgan fingerprint density at radius 1 is 1.54 bits per heavy atom. The Bertz CT molecular complexity index is 392. The average Bonchev–Trinajstić information content (AvgIpc) is 2.72. The molecule has 4 heteroatoms. The van der Waals surface area contributed by atoms with Gasteiger partial charge in [-0.05, 0) is 19.1 Å². The monoisotopic (exact) mass is 195 g/mol. The lowest BCUT2D eigenvalue weighted by molar-refractivity contribution is 0.413. The summed E-state index contributed by atoms with van der Waals surface area (Å²) in [5, 5.41) is 3.88. The van der Waals surface area contributed by atoms with Gasteiger partial charge in [-0.25, -0.2) is 0 Å². The van der Waals surface area contributed by atoms with E-state index in [0.717, 1.165) is 11.3 Å². The third-order valence-corrected chi connectivity index (χ3v) is 2.21. The normalized spacial score (nSPS) is 10.6. The van der Waals surface area contributed by atoms with Crippen LogP contribution in [0.15, 0.2) is 27.3 Å². The van der Waals surface area contributed by atoms with Crippen molar-refractivity contribution >= 4 is 12.6 Å². The van der Waals surface area contributed by atoms with E-state index in [9.17, 15) is 0 Å². The first-order valence-electron chi connectivity index (χ1n) is 3.93. The van der Waals surface area contributed by atoms with Gasteiger partial charge in [-0.3, -0.25) is 0 Å². The van der Waals surface area contributed by atoms with Gasteiger partial charge in [0.15, 0.2) is 5.76 Å². The second-order valence-corrected chi connectivity index (χ2v) is 3.04. The number of furan rings is 1. The van der Waals surface area contributed by atoms with Crippen molar-refractivity contribution < 1.29 is 8.94 Å². The number of nitrogens with zero attached hydrogens (tertiary/aromatic N) is 1. The van der Waals surface area contributed by atoms with Gasteiger partial charge >= 0.3 is 0 Å². The molecular weight excluding hydrogens is 186 g/mol. The molecule has 3 nitrogen and oxygen atoms in total. The molecule has 0 N–H and O–H groups in total. The van der Waals surface area contributed by atoms with E-state index in [4.69, 9.17) is 8.94 Å². The predicted octanol–water partition coefficient (Wildman–Crippen LogP) is 2.67. The molecule has 0 radical (unpaired) electrons. The molecule has 0 spiro atoms. The van der Waals surface area contributed by atoms with Crippen molar-refractivity contribution in [3.05, 3.63) is 29.7 Å². The van der Waals surface area contributed by atoms with Crippen molar-refractivity contribution in [3.8, 4) is 11.5 Å². The van der Waals surface area contributed by atoms with Crippen LogP contribution in [0, 0.1) is 6.92 Å². The van der Waals surface area contributed by atoms with Gasteiger partial charge in [-0.1, -0.05) is 5.16 Å². The lowest BCUT2D eigenvalue weighted by Gasteiger charge is -1.90. The summed E-state index contributed by atoms with van der Waals surface area (Å²) in [7, 11) is 0. The maximum Gasteiger partial charge on any atom is 0.205 e. The SMILES string of the molecule is Cc1c(CS)noc1-c1ccco1. The molecular formula is C9H9NO2S. The molecule has 2 heterocycles. The molecule has 0 aliphatic heterocycles. The largest absolute Gasteiger partial charge is 0.461 e. The average molecular weight is 195 g/mol. The van der Waals surface area contributed by atoms with Gasteiger partial charge in [0.05, 0.1) is 12.0 Å². The van der Waals surface area contributed by atoms with Crippen LogP contribution >= 0.6 is 12.6 Å². The van der Waals surface area contributed by atoms with Crippen molar-refractivity contribution in [2.75, 3.05) is 0 Å². The number of thiol groups is 1. The van der Waals surface area contributed by atoms with Crippen LogP contribution in [0.25, 0.3) is 11.5 Å². The summed E-state index contributed by atoms with van der Waals surface area (Å²) in [6, 6.07) is 3.66. The summed E-state index contributed by atoms with van der Waals surface area (Å²) in [4.78, 5) is 0. The van der Waals surface area contributed by atoms with E-state index in [1.54, 1.807) is 6.26 Å². The van der Waals surface area contributed by atoms with E-state index < -0.39 is 0 Å². The Morgan fingerprint density at radius 3 is 2.92 bits per heavy atom. The Morgan fingerprint density at radius 2 is 2.38 bits per heavy atom. The molecule has 0 amide bonds. The molecule has 0 saturated heterocycles. The lowest BCUT2D eigenvalue weighted by atomic mass is 10.2. The first-order chi connectivity index (χ1) is 6.33. The fraction of sp³-hybridized carbons (Fsp3) is 0.222. The highest BCUT2D eigenvalue weighted by Crippen LogP contribution is 2.26. The summed E-state index contributed by atoms with van der Waals surface area (Å²) in [6.45, 7) is 1.94. The molecule has 0 atom stereocenters. The molecule has 2 aromatic heterocycles. The minimum atomic E-state index is 0.579. The number of rotatable bonds is 2. The summed E-state index contributed by atoms with van der Waals surface area (Å²) in [5.41, 5.74) is 1.85. The summed E-state index contributed by atoms with van der Waals surface area (Å²) < 4.78 is 10.3. The van der Waals surface area contributed by atoms with Crippen LogP contribution in [0.4, 0.5) is 0 Å². The second kappa shape index (κ2) is 3.30. The molecule has 0 aliphatic rings. The maximum atomic E-state index is 5.20. The van der Waals surface area contributed by atoms with E-state index in [1.807, 2.05) is 19.1 Å². The third-order valence-electron chi connectivity index (χ3n) is 1.92. The van der Waals surface area contributed by atoms with Gasteiger partial charge in [0.1, 0.15) is 0 Å². The van der Waals surface area contributed by atoms with Gasteiger partial charge in [-0.2, -0.15) is 12.6 Å². The Hall–Kier alpha value is -1.16. The third kappa shape index (κ3) is 1.37. The number of hydrogen-bond acceptors (Lipinski definition) is 4. The Balaban J connectivity index is 2.48. The quantitative estimate of drug-likeness (QED) is 0.749. The molecule has 2 rings (SSSR count). The van der Waals surface area contributed by atoms with Crippen molar-refractivity contribution in [1.29, 1.82) is 0 Å². The molecule has 13 heavy (non-hydrogen) atoms. The minimum absolute atomic E-state index is 0.579. The molecule has 68 valence electrons. The summed E-state index contributed by atoms with van der Waals surface area (Å²) >= 11 is 4.14. The minimum Gasteiger partial charge on any atom is -0.461 e. The molecule has 0 bridgehead atoms. The highest BCUT2D eigenvalue weighted by molar-refractivity contribution is 7.79. The van der Waals surface area contributed by atoms with Crippen molar-refractivity contribution in [2.24, 2.45) is 0 Å². The van der Waals surface area contributed by atoms with Gasteiger partial charge in [-0.15, -0.1) is 0 Å². The van der Waals surface area contributed by atoms with E-state index in [2.05, 4.69) is 17.8 Å². The van der Waals surface area contributed by atoms with Crippen LogP contribution in [0.1, 0.15) is 11.3 Å². The van der Waals surface area contributed by atoms with Crippen LogP contribution in [0.5, 0.6) is 0 Å². The van der Waals surface area contributed by atoms with E-state index >= 15 is 0 Å². The molecule has 2 aromatic rings. The second-order valence-electron chi connectivity index (χ2n) is 2.72.